The lowest BCUT2D eigenvalue weighted by Crippen LogP contribution is -2.29. The second kappa shape index (κ2) is 5.59. The average Bonchev–Trinajstić information content (AvgIpc) is 2.80. The SMILES string of the molecule is CCC1CCCN1c1cc(OC(F)F)c(F)cc1N. The third-order valence-electron chi connectivity index (χ3n) is 3.46. The van der Waals surface area contributed by atoms with E-state index in [4.69, 9.17) is 5.73 Å². The van der Waals surface area contributed by atoms with Crippen LogP contribution < -0.4 is 15.4 Å². The molecular formula is C13H17F3N2O. The number of rotatable bonds is 4. The summed E-state index contributed by atoms with van der Waals surface area (Å²) in [5.41, 5.74) is 6.61. The largest absolute Gasteiger partial charge is 0.432 e. The fourth-order valence-corrected chi connectivity index (χ4v) is 2.57. The quantitative estimate of drug-likeness (QED) is 0.855. The molecule has 1 unspecified atom stereocenters. The Bertz CT molecular complexity index is 454. The Hall–Kier alpha value is -1.59. The summed E-state index contributed by atoms with van der Waals surface area (Å²) < 4.78 is 42.1. The molecule has 2 rings (SSSR count). The molecule has 1 fully saturated rings. The second-order valence-corrected chi connectivity index (χ2v) is 4.62. The van der Waals surface area contributed by atoms with Gasteiger partial charge in [0.15, 0.2) is 11.6 Å². The van der Waals surface area contributed by atoms with Gasteiger partial charge in [0, 0.05) is 24.7 Å². The van der Waals surface area contributed by atoms with E-state index in [2.05, 4.69) is 11.7 Å². The highest BCUT2D eigenvalue weighted by molar-refractivity contribution is 5.70. The summed E-state index contributed by atoms with van der Waals surface area (Å²) in [6, 6.07) is 2.62. The van der Waals surface area contributed by atoms with Gasteiger partial charge in [-0.15, -0.1) is 0 Å². The van der Waals surface area contributed by atoms with Crippen molar-refractivity contribution in [3.63, 3.8) is 0 Å². The van der Waals surface area contributed by atoms with Gasteiger partial charge in [-0.05, 0) is 19.3 Å². The molecule has 0 bridgehead atoms. The van der Waals surface area contributed by atoms with E-state index in [9.17, 15) is 13.2 Å². The highest BCUT2D eigenvalue weighted by Gasteiger charge is 2.26. The molecular weight excluding hydrogens is 257 g/mol. The summed E-state index contributed by atoms with van der Waals surface area (Å²) in [5.74, 6) is -1.32. The van der Waals surface area contributed by atoms with E-state index >= 15 is 0 Å². The van der Waals surface area contributed by atoms with Crippen LogP contribution in [0.25, 0.3) is 0 Å². The normalized spacial score (nSPS) is 19.2. The minimum Gasteiger partial charge on any atom is -0.432 e. The highest BCUT2D eigenvalue weighted by Crippen LogP contribution is 2.36. The van der Waals surface area contributed by atoms with Gasteiger partial charge in [0.2, 0.25) is 0 Å². The molecule has 19 heavy (non-hydrogen) atoms. The van der Waals surface area contributed by atoms with Gasteiger partial charge in [0.25, 0.3) is 0 Å². The smallest absolute Gasteiger partial charge is 0.387 e. The zero-order valence-corrected chi connectivity index (χ0v) is 10.7. The Morgan fingerprint density at radius 1 is 1.47 bits per heavy atom. The van der Waals surface area contributed by atoms with Gasteiger partial charge in [-0.25, -0.2) is 4.39 Å². The molecule has 0 spiro atoms. The summed E-state index contributed by atoms with van der Waals surface area (Å²) in [6.45, 7) is -0.201. The molecule has 1 aromatic carbocycles. The van der Waals surface area contributed by atoms with Crippen molar-refractivity contribution in [3.05, 3.63) is 17.9 Å². The van der Waals surface area contributed by atoms with E-state index in [0.29, 0.717) is 11.7 Å². The van der Waals surface area contributed by atoms with Crippen molar-refractivity contribution in [2.24, 2.45) is 0 Å². The van der Waals surface area contributed by atoms with Crippen LogP contribution in [0.15, 0.2) is 12.1 Å². The van der Waals surface area contributed by atoms with Crippen LogP contribution in [0.3, 0.4) is 0 Å². The first kappa shape index (κ1) is 13.8. The zero-order valence-electron chi connectivity index (χ0n) is 10.7. The van der Waals surface area contributed by atoms with Crippen molar-refractivity contribution in [3.8, 4) is 5.75 Å². The topological polar surface area (TPSA) is 38.5 Å². The van der Waals surface area contributed by atoms with Crippen molar-refractivity contribution in [2.45, 2.75) is 38.8 Å². The predicted molar refractivity (Wildman–Crippen MR) is 68.1 cm³/mol. The Morgan fingerprint density at radius 3 is 2.84 bits per heavy atom. The summed E-state index contributed by atoms with van der Waals surface area (Å²) >= 11 is 0. The summed E-state index contributed by atoms with van der Waals surface area (Å²) in [6.07, 6.45) is 2.97. The molecule has 1 saturated heterocycles. The molecule has 3 nitrogen and oxygen atoms in total. The van der Waals surface area contributed by atoms with Gasteiger partial charge < -0.3 is 15.4 Å². The maximum Gasteiger partial charge on any atom is 0.387 e. The van der Waals surface area contributed by atoms with E-state index in [0.717, 1.165) is 31.9 Å². The van der Waals surface area contributed by atoms with Gasteiger partial charge in [0.05, 0.1) is 11.4 Å². The lowest BCUT2D eigenvalue weighted by Gasteiger charge is -2.27. The van der Waals surface area contributed by atoms with Gasteiger partial charge in [0.1, 0.15) is 0 Å². The number of nitrogens with zero attached hydrogens (tertiary/aromatic N) is 1. The number of nitrogen functional groups attached to an aromatic ring is 1. The number of hydrogen-bond acceptors (Lipinski definition) is 3. The van der Waals surface area contributed by atoms with Crippen LogP contribution in [0.4, 0.5) is 24.5 Å². The molecule has 6 heteroatoms. The maximum atomic E-state index is 13.5. The minimum absolute atomic E-state index is 0.250. The fraction of sp³-hybridized carbons (Fsp3) is 0.538. The van der Waals surface area contributed by atoms with E-state index < -0.39 is 18.2 Å². The number of ether oxygens (including phenoxy) is 1. The third-order valence-corrected chi connectivity index (χ3v) is 3.46. The van der Waals surface area contributed by atoms with Crippen molar-refractivity contribution in [1.82, 2.24) is 0 Å². The highest BCUT2D eigenvalue weighted by atomic mass is 19.3. The fourth-order valence-electron chi connectivity index (χ4n) is 2.57. The lowest BCUT2D eigenvalue weighted by molar-refractivity contribution is -0.0521. The molecule has 1 aliphatic rings. The number of benzene rings is 1. The zero-order chi connectivity index (χ0) is 14.0. The van der Waals surface area contributed by atoms with E-state index in [-0.39, 0.29) is 5.69 Å². The molecule has 1 heterocycles. The van der Waals surface area contributed by atoms with Crippen LogP contribution in [0.2, 0.25) is 0 Å². The van der Waals surface area contributed by atoms with Crippen molar-refractivity contribution < 1.29 is 17.9 Å². The van der Waals surface area contributed by atoms with Gasteiger partial charge in [-0.1, -0.05) is 6.92 Å². The summed E-state index contributed by atoms with van der Waals surface area (Å²) in [5, 5.41) is 0. The van der Waals surface area contributed by atoms with Crippen LogP contribution in [-0.2, 0) is 0 Å². The molecule has 0 aromatic heterocycles. The van der Waals surface area contributed by atoms with Crippen LogP contribution in [0.5, 0.6) is 5.75 Å². The molecule has 0 amide bonds. The second-order valence-electron chi connectivity index (χ2n) is 4.62. The third kappa shape index (κ3) is 2.88. The van der Waals surface area contributed by atoms with Crippen LogP contribution in [-0.4, -0.2) is 19.2 Å². The first-order chi connectivity index (χ1) is 9.02. The van der Waals surface area contributed by atoms with Gasteiger partial charge >= 0.3 is 6.61 Å². The molecule has 1 aromatic rings. The first-order valence-corrected chi connectivity index (χ1v) is 6.33. The Labute approximate surface area is 110 Å². The standard InChI is InChI=1S/C13H17F3N2O/c1-2-8-4-3-5-18(8)11-7-12(19-13(15)16)9(14)6-10(11)17/h6-8,13H,2-5,17H2,1H3. The average molecular weight is 274 g/mol. The predicted octanol–water partition coefficient (Wildman–Crippen LogP) is 3.39. The van der Waals surface area contributed by atoms with Crippen LogP contribution in [0.1, 0.15) is 26.2 Å². The summed E-state index contributed by atoms with van der Waals surface area (Å²) in [7, 11) is 0. The molecule has 2 N–H and O–H groups in total. The lowest BCUT2D eigenvalue weighted by atomic mass is 10.1. The molecule has 1 atom stereocenters. The van der Waals surface area contributed by atoms with Crippen molar-refractivity contribution in [1.29, 1.82) is 0 Å². The number of hydrogen-bond donors (Lipinski definition) is 1. The minimum atomic E-state index is -3.05. The number of halogens is 3. The Kier molecular flexibility index (Phi) is 4.07. The number of nitrogens with two attached hydrogens (primary N) is 1. The molecule has 1 aliphatic heterocycles. The van der Waals surface area contributed by atoms with Crippen LogP contribution in [0, 0.1) is 5.82 Å². The Balaban J connectivity index is 2.34. The number of anilines is 2. The van der Waals surface area contributed by atoms with Crippen molar-refractivity contribution >= 4 is 11.4 Å². The molecule has 0 radical (unpaired) electrons. The molecule has 106 valence electrons. The van der Waals surface area contributed by atoms with E-state index in [1.807, 2.05) is 4.90 Å². The monoisotopic (exact) mass is 274 g/mol. The summed E-state index contributed by atoms with van der Waals surface area (Å²) in [4.78, 5) is 2.03. The number of alkyl halides is 2. The first-order valence-electron chi connectivity index (χ1n) is 6.33. The van der Waals surface area contributed by atoms with E-state index in [1.54, 1.807) is 0 Å². The molecule has 0 aliphatic carbocycles. The van der Waals surface area contributed by atoms with Crippen LogP contribution >= 0.6 is 0 Å². The van der Waals surface area contributed by atoms with Crippen molar-refractivity contribution in [2.75, 3.05) is 17.2 Å². The van der Waals surface area contributed by atoms with E-state index in [1.165, 1.54) is 6.07 Å². The van der Waals surface area contributed by atoms with Gasteiger partial charge in [-0.2, -0.15) is 8.78 Å². The Morgan fingerprint density at radius 2 is 2.21 bits per heavy atom. The maximum absolute atomic E-state index is 13.5. The van der Waals surface area contributed by atoms with Gasteiger partial charge in [-0.3, -0.25) is 0 Å². The molecule has 0 saturated carbocycles.